The minimum Gasteiger partial charge on any atom is -0.458 e. The van der Waals surface area contributed by atoms with E-state index in [2.05, 4.69) is 37.2 Å². The summed E-state index contributed by atoms with van der Waals surface area (Å²) in [5.74, 6) is 0.617. The molecule has 8 heteroatoms. The molecule has 0 atom stereocenters. The van der Waals surface area contributed by atoms with Crippen LogP contribution < -0.4 is 0 Å². The molecule has 0 saturated carbocycles. The van der Waals surface area contributed by atoms with Crippen molar-refractivity contribution in [3.8, 4) is 22.5 Å². The molecule has 0 bridgehead atoms. The highest BCUT2D eigenvalue weighted by atomic mass is 16.5. The van der Waals surface area contributed by atoms with Crippen LogP contribution in [0.15, 0.2) is 60.9 Å². The van der Waals surface area contributed by atoms with E-state index in [0.29, 0.717) is 28.5 Å². The molecule has 3 heterocycles. The zero-order valence-corrected chi connectivity index (χ0v) is 15.5. The van der Waals surface area contributed by atoms with Crippen LogP contribution in [-0.4, -0.2) is 35.5 Å². The van der Waals surface area contributed by atoms with Crippen LogP contribution in [0, 0.1) is 0 Å². The van der Waals surface area contributed by atoms with E-state index in [9.17, 15) is 4.79 Å². The van der Waals surface area contributed by atoms with Gasteiger partial charge in [-0.05, 0) is 11.1 Å². The first kappa shape index (κ1) is 17.1. The molecule has 0 fully saturated rings. The van der Waals surface area contributed by atoms with Crippen LogP contribution in [0.5, 0.6) is 0 Å². The summed E-state index contributed by atoms with van der Waals surface area (Å²) < 4.78 is 6.70. The third-order valence-electron chi connectivity index (χ3n) is 4.58. The number of aromatic amines is 1. The minimum atomic E-state index is -0.390. The maximum Gasteiger partial charge on any atom is 0.303 e. The number of fused-ring (bicyclic) bond motifs is 3. The summed E-state index contributed by atoms with van der Waals surface area (Å²) in [6.45, 7) is 1.34. The highest BCUT2D eigenvalue weighted by Gasteiger charge is 2.16. The second kappa shape index (κ2) is 6.83. The van der Waals surface area contributed by atoms with E-state index in [4.69, 9.17) is 4.74 Å². The van der Waals surface area contributed by atoms with Crippen molar-refractivity contribution in [3.05, 3.63) is 66.7 Å². The molecule has 0 radical (unpaired) electrons. The van der Waals surface area contributed by atoms with Crippen molar-refractivity contribution in [3.63, 3.8) is 0 Å². The summed E-state index contributed by atoms with van der Waals surface area (Å²) in [5, 5.41) is 4.60. The third kappa shape index (κ3) is 3.10. The summed E-state index contributed by atoms with van der Waals surface area (Å²) in [6.07, 6.45) is 1.55. The highest BCUT2D eigenvalue weighted by Crippen LogP contribution is 2.25. The van der Waals surface area contributed by atoms with Gasteiger partial charge in [0.05, 0.1) is 6.33 Å². The number of hydrogen-bond donors (Lipinski definition) is 1. The number of ether oxygens (including phenoxy) is 1. The van der Waals surface area contributed by atoms with Gasteiger partial charge in [0.25, 0.3) is 0 Å². The lowest BCUT2D eigenvalue weighted by Gasteiger charge is -2.03. The first-order valence-corrected chi connectivity index (χ1v) is 9.07. The summed E-state index contributed by atoms with van der Waals surface area (Å²) >= 11 is 0. The summed E-state index contributed by atoms with van der Waals surface area (Å²) in [6, 6.07) is 18.2. The van der Waals surface area contributed by atoms with Crippen LogP contribution >= 0.6 is 0 Å². The van der Waals surface area contributed by atoms with Crippen LogP contribution in [0.25, 0.3) is 39.3 Å². The smallest absolute Gasteiger partial charge is 0.303 e. The summed E-state index contributed by atoms with van der Waals surface area (Å²) in [5.41, 5.74) is 4.89. The first-order valence-electron chi connectivity index (χ1n) is 9.07. The fourth-order valence-corrected chi connectivity index (χ4v) is 3.18. The van der Waals surface area contributed by atoms with Gasteiger partial charge in [-0.25, -0.2) is 15.0 Å². The van der Waals surface area contributed by atoms with Crippen molar-refractivity contribution in [2.45, 2.75) is 13.5 Å². The Morgan fingerprint density at radius 1 is 1.00 bits per heavy atom. The highest BCUT2D eigenvalue weighted by molar-refractivity contribution is 5.85. The molecule has 142 valence electrons. The maximum absolute atomic E-state index is 11.2. The first-order chi connectivity index (χ1) is 14.2. The van der Waals surface area contributed by atoms with Crippen LogP contribution in [-0.2, 0) is 16.1 Å². The van der Waals surface area contributed by atoms with Crippen LogP contribution in [0.4, 0.5) is 0 Å². The van der Waals surface area contributed by atoms with E-state index in [-0.39, 0.29) is 12.6 Å². The van der Waals surface area contributed by atoms with E-state index in [1.807, 2.05) is 42.5 Å². The van der Waals surface area contributed by atoms with Gasteiger partial charge in [-0.3, -0.25) is 4.79 Å². The van der Waals surface area contributed by atoms with Crippen LogP contribution in [0.1, 0.15) is 12.7 Å². The lowest BCUT2D eigenvalue weighted by atomic mass is 10.0. The standard InChI is InChI=1S/C21H16N6O2/c1-13(28)29-11-17-24-20-18(22-12-23-20)21-25-19(26-27(17)21)16-9-7-15(8-10-16)14-5-3-2-4-6-14/h2-10,12H,11H2,1H3,(H,22,23). The normalized spacial score (nSPS) is 11.2. The molecule has 5 rings (SSSR count). The van der Waals surface area contributed by atoms with E-state index in [1.54, 1.807) is 10.8 Å². The van der Waals surface area contributed by atoms with E-state index in [1.165, 1.54) is 6.92 Å². The fourth-order valence-electron chi connectivity index (χ4n) is 3.18. The quantitative estimate of drug-likeness (QED) is 0.477. The number of aromatic nitrogens is 6. The molecule has 0 aliphatic heterocycles. The number of nitrogens with one attached hydrogen (secondary N) is 1. The largest absolute Gasteiger partial charge is 0.458 e. The second-order valence-electron chi connectivity index (χ2n) is 6.52. The molecule has 0 aliphatic carbocycles. The molecular formula is C21H16N6O2. The van der Waals surface area contributed by atoms with Gasteiger partial charge >= 0.3 is 5.97 Å². The average molecular weight is 384 g/mol. The summed E-state index contributed by atoms with van der Waals surface area (Å²) in [4.78, 5) is 27.6. The Labute approximate surface area is 165 Å². The van der Waals surface area contributed by atoms with E-state index in [0.717, 1.165) is 16.7 Å². The van der Waals surface area contributed by atoms with Crippen molar-refractivity contribution in [1.29, 1.82) is 0 Å². The molecule has 0 spiro atoms. The number of benzene rings is 2. The number of esters is 1. The Balaban J connectivity index is 1.58. The molecule has 8 nitrogen and oxygen atoms in total. The lowest BCUT2D eigenvalue weighted by molar-refractivity contribution is -0.142. The maximum atomic E-state index is 11.2. The second-order valence-corrected chi connectivity index (χ2v) is 6.52. The fraction of sp³-hybridized carbons (Fsp3) is 0.0952. The molecule has 5 aromatic rings. The Kier molecular flexibility index (Phi) is 4.02. The molecule has 0 unspecified atom stereocenters. The van der Waals surface area contributed by atoms with Crippen molar-refractivity contribution in [2.24, 2.45) is 0 Å². The van der Waals surface area contributed by atoms with Gasteiger partial charge in [0.15, 0.2) is 29.6 Å². The van der Waals surface area contributed by atoms with Crippen LogP contribution in [0.2, 0.25) is 0 Å². The minimum absolute atomic E-state index is 0.00955. The van der Waals surface area contributed by atoms with Crippen molar-refractivity contribution < 1.29 is 9.53 Å². The Morgan fingerprint density at radius 3 is 2.48 bits per heavy atom. The topological polar surface area (TPSA) is 98.1 Å². The van der Waals surface area contributed by atoms with Gasteiger partial charge < -0.3 is 9.72 Å². The molecule has 2 aromatic carbocycles. The number of carbonyl (C=O) groups excluding carboxylic acids is 1. The van der Waals surface area contributed by atoms with Crippen LogP contribution in [0.3, 0.4) is 0 Å². The Hall–Kier alpha value is -4.07. The predicted octanol–water partition coefficient (Wildman–Crippen LogP) is 3.40. The zero-order valence-electron chi connectivity index (χ0n) is 15.5. The number of H-pyrrole nitrogens is 1. The van der Waals surface area contributed by atoms with Crippen molar-refractivity contribution in [1.82, 2.24) is 29.5 Å². The van der Waals surface area contributed by atoms with Gasteiger partial charge in [-0.1, -0.05) is 54.6 Å². The van der Waals surface area contributed by atoms with Gasteiger partial charge in [0, 0.05) is 12.5 Å². The SMILES string of the molecule is CC(=O)OCc1nc2nc[nH]c2c2nc(-c3ccc(-c4ccccc4)cc3)nn12. The van der Waals surface area contributed by atoms with Crippen molar-refractivity contribution >= 4 is 22.8 Å². The number of rotatable bonds is 4. The number of hydrogen-bond acceptors (Lipinski definition) is 6. The molecule has 29 heavy (non-hydrogen) atoms. The van der Waals surface area contributed by atoms with E-state index >= 15 is 0 Å². The number of imidazole rings is 1. The average Bonchev–Trinajstić information content (AvgIpc) is 3.39. The molecule has 1 N–H and O–H groups in total. The molecule has 0 saturated heterocycles. The molecular weight excluding hydrogens is 368 g/mol. The predicted molar refractivity (Wildman–Crippen MR) is 107 cm³/mol. The number of carbonyl (C=O) groups is 1. The number of nitrogens with zero attached hydrogens (tertiary/aromatic N) is 5. The Morgan fingerprint density at radius 2 is 1.72 bits per heavy atom. The van der Waals surface area contributed by atoms with Gasteiger partial charge in [0.2, 0.25) is 0 Å². The monoisotopic (exact) mass is 384 g/mol. The van der Waals surface area contributed by atoms with Gasteiger partial charge in [-0.2, -0.15) is 4.52 Å². The Bertz CT molecular complexity index is 1320. The molecule has 3 aromatic heterocycles. The van der Waals surface area contributed by atoms with Gasteiger partial charge in [0.1, 0.15) is 5.52 Å². The van der Waals surface area contributed by atoms with Crippen molar-refractivity contribution in [2.75, 3.05) is 0 Å². The summed E-state index contributed by atoms with van der Waals surface area (Å²) in [7, 11) is 0. The van der Waals surface area contributed by atoms with Gasteiger partial charge in [-0.15, -0.1) is 5.10 Å². The lowest BCUT2D eigenvalue weighted by Crippen LogP contribution is -2.08. The molecule has 0 aliphatic rings. The third-order valence-corrected chi connectivity index (χ3v) is 4.58. The van der Waals surface area contributed by atoms with E-state index < -0.39 is 0 Å². The zero-order chi connectivity index (χ0) is 19.8. The molecule has 0 amide bonds.